The third kappa shape index (κ3) is 4.91. The van der Waals surface area contributed by atoms with E-state index in [1.165, 1.54) is 0 Å². The normalized spacial score (nSPS) is 11.6. The first kappa shape index (κ1) is 19.5. The predicted octanol–water partition coefficient (Wildman–Crippen LogP) is 2.89. The fourth-order valence-electron chi connectivity index (χ4n) is 2.82. The molecule has 0 spiro atoms. The van der Waals surface area contributed by atoms with Crippen LogP contribution in [0.5, 0.6) is 11.5 Å². The van der Waals surface area contributed by atoms with Crippen LogP contribution in [0.4, 0.5) is 5.69 Å². The number of aryl methyl sites for hydroxylation is 1. The number of aliphatic imine (C=N–C) groups is 1. The number of anilines is 1. The molecular weight excluding hydrogens is 356 g/mol. The number of hydrogen-bond acceptors (Lipinski definition) is 5. The number of rotatable bonds is 9. The minimum Gasteiger partial charge on any atom is -0.494 e. The highest BCUT2D eigenvalue weighted by atomic mass is 16.5. The van der Waals surface area contributed by atoms with E-state index < -0.39 is 0 Å². The summed E-state index contributed by atoms with van der Waals surface area (Å²) >= 11 is 0. The van der Waals surface area contributed by atoms with Crippen molar-refractivity contribution in [1.29, 1.82) is 0 Å². The molecule has 8 nitrogen and oxygen atoms in total. The van der Waals surface area contributed by atoms with Crippen molar-refractivity contribution in [3.8, 4) is 11.5 Å². The van der Waals surface area contributed by atoms with Crippen molar-refractivity contribution in [2.45, 2.75) is 26.7 Å². The molecule has 0 radical (unpaired) electrons. The highest BCUT2D eigenvalue weighted by molar-refractivity contribution is 5.94. The molecule has 0 atom stereocenters. The van der Waals surface area contributed by atoms with Crippen molar-refractivity contribution in [3.05, 3.63) is 48.4 Å². The number of fused-ring (bicyclic) bond motifs is 1. The van der Waals surface area contributed by atoms with Crippen LogP contribution in [0, 0.1) is 0 Å². The number of nitrogens with one attached hydrogen (secondary N) is 1. The second-order valence-electron chi connectivity index (χ2n) is 6.06. The van der Waals surface area contributed by atoms with Gasteiger partial charge in [0.05, 0.1) is 18.9 Å². The average molecular weight is 382 g/mol. The molecule has 0 saturated heterocycles. The second-order valence-corrected chi connectivity index (χ2v) is 6.06. The molecule has 0 bridgehead atoms. The smallest absolute Gasteiger partial charge is 0.193 e. The lowest BCUT2D eigenvalue weighted by Gasteiger charge is -2.14. The predicted molar refractivity (Wildman–Crippen MR) is 110 cm³/mol. The molecule has 0 fully saturated rings. The number of nitrogens with zero attached hydrogens (tertiary/aromatic N) is 4. The Morgan fingerprint density at radius 2 is 2.00 bits per heavy atom. The van der Waals surface area contributed by atoms with Crippen LogP contribution in [0.1, 0.15) is 26.1 Å². The van der Waals surface area contributed by atoms with E-state index in [2.05, 4.69) is 20.5 Å². The molecule has 2 aromatic heterocycles. The third-order valence-corrected chi connectivity index (χ3v) is 4.05. The van der Waals surface area contributed by atoms with Gasteiger partial charge in [0.25, 0.3) is 0 Å². The van der Waals surface area contributed by atoms with Gasteiger partial charge >= 0.3 is 0 Å². The molecule has 148 valence electrons. The molecule has 0 aliphatic carbocycles. The van der Waals surface area contributed by atoms with E-state index >= 15 is 0 Å². The first-order chi connectivity index (χ1) is 13.7. The third-order valence-electron chi connectivity index (χ3n) is 4.05. The van der Waals surface area contributed by atoms with Gasteiger partial charge in [0.15, 0.2) is 11.6 Å². The van der Waals surface area contributed by atoms with Crippen LogP contribution in [0.3, 0.4) is 0 Å². The van der Waals surface area contributed by atoms with Gasteiger partial charge in [-0.15, -0.1) is 10.2 Å². The maximum atomic E-state index is 6.05. The zero-order chi connectivity index (χ0) is 19.8. The van der Waals surface area contributed by atoms with Crippen molar-refractivity contribution < 1.29 is 9.47 Å². The second kappa shape index (κ2) is 9.59. The van der Waals surface area contributed by atoms with E-state index in [1.54, 1.807) is 0 Å². The van der Waals surface area contributed by atoms with Gasteiger partial charge in [0.2, 0.25) is 0 Å². The first-order valence-corrected chi connectivity index (χ1v) is 9.46. The Morgan fingerprint density at radius 3 is 2.82 bits per heavy atom. The van der Waals surface area contributed by atoms with Crippen molar-refractivity contribution in [2.24, 2.45) is 10.7 Å². The Morgan fingerprint density at radius 1 is 1.14 bits per heavy atom. The van der Waals surface area contributed by atoms with Crippen molar-refractivity contribution in [3.63, 3.8) is 0 Å². The largest absolute Gasteiger partial charge is 0.494 e. The van der Waals surface area contributed by atoms with E-state index in [1.807, 2.05) is 60.8 Å². The molecule has 1 aromatic carbocycles. The van der Waals surface area contributed by atoms with Gasteiger partial charge in [0, 0.05) is 25.2 Å². The van der Waals surface area contributed by atoms with Crippen molar-refractivity contribution in [2.75, 3.05) is 25.1 Å². The monoisotopic (exact) mass is 382 g/mol. The lowest BCUT2D eigenvalue weighted by molar-refractivity contribution is 0.332. The molecule has 0 amide bonds. The van der Waals surface area contributed by atoms with Gasteiger partial charge in [-0.25, -0.2) is 0 Å². The highest BCUT2D eigenvalue weighted by Crippen LogP contribution is 2.29. The van der Waals surface area contributed by atoms with Gasteiger partial charge in [-0.05, 0) is 44.5 Å². The summed E-state index contributed by atoms with van der Waals surface area (Å²) in [6.45, 7) is 5.61. The Balaban J connectivity index is 1.58. The number of aromatic nitrogens is 3. The summed E-state index contributed by atoms with van der Waals surface area (Å²) in [6, 6.07) is 11.4. The zero-order valence-corrected chi connectivity index (χ0v) is 16.3. The van der Waals surface area contributed by atoms with Crippen LogP contribution in [-0.4, -0.2) is 40.3 Å². The van der Waals surface area contributed by atoms with Crippen LogP contribution in [0.25, 0.3) is 5.65 Å². The van der Waals surface area contributed by atoms with Crippen LogP contribution < -0.4 is 20.5 Å². The topological polar surface area (TPSA) is 99.1 Å². The quantitative estimate of drug-likeness (QED) is 0.335. The molecule has 0 unspecified atom stereocenters. The fraction of sp³-hybridized carbons (Fsp3) is 0.350. The molecule has 3 aromatic rings. The first-order valence-electron chi connectivity index (χ1n) is 9.46. The molecule has 0 saturated carbocycles. The summed E-state index contributed by atoms with van der Waals surface area (Å²) in [6.07, 6.45) is 3.55. The van der Waals surface area contributed by atoms with E-state index in [9.17, 15) is 0 Å². The number of hydrogen-bond donors (Lipinski definition) is 2. The lowest BCUT2D eigenvalue weighted by atomic mass is 10.2. The van der Waals surface area contributed by atoms with Crippen LogP contribution in [-0.2, 0) is 6.42 Å². The molecular formula is C20H26N6O2. The Labute approximate surface area is 164 Å². The summed E-state index contributed by atoms with van der Waals surface area (Å²) in [4.78, 5) is 4.41. The standard InChI is InChI=1S/C20H26N6O2/c1-3-27-15-10-11-17(28-4-2)16(14-15)23-20(21)22-12-7-9-19-25-24-18-8-5-6-13-26(18)19/h5-6,8,10-11,13-14H,3-4,7,9,12H2,1-2H3,(H3,21,22,23). The Bertz CT molecular complexity index is 937. The molecule has 3 rings (SSSR count). The molecule has 2 heterocycles. The van der Waals surface area contributed by atoms with Crippen molar-refractivity contribution in [1.82, 2.24) is 14.6 Å². The SMILES string of the molecule is CCOc1ccc(OCC)c(NC(N)=NCCCc2nnc3ccccn23)c1. The summed E-state index contributed by atoms with van der Waals surface area (Å²) in [5.41, 5.74) is 7.63. The highest BCUT2D eigenvalue weighted by Gasteiger charge is 2.08. The van der Waals surface area contributed by atoms with E-state index in [0.29, 0.717) is 31.5 Å². The summed E-state index contributed by atoms with van der Waals surface area (Å²) < 4.78 is 13.2. The van der Waals surface area contributed by atoms with Gasteiger partial charge in [-0.1, -0.05) is 6.07 Å². The van der Waals surface area contributed by atoms with E-state index in [4.69, 9.17) is 15.2 Å². The van der Waals surface area contributed by atoms with Crippen LogP contribution >= 0.6 is 0 Å². The molecule has 0 aliphatic rings. The van der Waals surface area contributed by atoms with Crippen molar-refractivity contribution >= 4 is 17.3 Å². The van der Waals surface area contributed by atoms with E-state index in [-0.39, 0.29) is 0 Å². The Hall–Kier alpha value is -3.29. The van der Waals surface area contributed by atoms with Gasteiger partial charge in [-0.3, -0.25) is 9.39 Å². The maximum Gasteiger partial charge on any atom is 0.193 e. The van der Waals surface area contributed by atoms with Crippen LogP contribution in [0.2, 0.25) is 0 Å². The number of benzene rings is 1. The van der Waals surface area contributed by atoms with Gasteiger partial charge < -0.3 is 20.5 Å². The maximum absolute atomic E-state index is 6.05. The van der Waals surface area contributed by atoms with E-state index in [0.717, 1.165) is 35.8 Å². The number of pyridine rings is 1. The molecule has 28 heavy (non-hydrogen) atoms. The average Bonchev–Trinajstić information content (AvgIpc) is 3.11. The fourth-order valence-corrected chi connectivity index (χ4v) is 2.82. The molecule has 8 heteroatoms. The summed E-state index contributed by atoms with van der Waals surface area (Å²) in [7, 11) is 0. The van der Waals surface area contributed by atoms with Gasteiger partial charge in [0.1, 0.15) is 17.3 Å². The lowest BCUT2D eigenvalue weighted by Crippen LogP contribution is -2.23. The summed E-state index contributed by atoms with van der Waals surface area (Å²) in [5, 5.41) is 11.5. The minimum atomic E-state index is 0.334. The number of ether oxygens (including phenoxy) is 2. The number of nitrogens with two attached hydrogens (primary N) is 1. The van der Waals surface area contributed by atoms with Crippen LogP contribution in [0.15, 0.2) is 47.6 Å². The van der Waals surface area contributed by atoms with Gasteiger partial charge in [-0.2, -0.15) is 0 Å². The summed E-state index contributed by atoms with van der Waals surface area (Å²) in [5.74, 6) is 2.71. The molecule has 3 N–H and O–H groups in total. The number of guanidine groups is 1. The minimum absolute atomic E-state index is 0.334. The zero-order valence-electron chi connectivity index (χ0n) is 16.3. The Kier molecular flexibility index (Phi) is 6.67. The molecule has 0 aliphatic heterocycles.